The number of hydrogen-bond acceptors (Lipinski definition) is 3. The van der Waals surface area contributed by atoms with E-state index in [1.165, 1.54) is 0 Å². The zero-order valence-electron chi connectivity index (χ0n) is 15.5. The van der Waals surface area contributed by atoms with Gasteiger partial charge in [0, 0.05) is 4.90 Å². The zero-order chi connectivity index (χ0) is 19.3. The van der Waals surface area contributed by atoms with Crippen molar-refractivity contribution < 1.29 is 4.79 Å². The molecule has 5 heteroatoms. The number of H-pyrrole nitrogens is 1. The summed E-state index contributed by atoms with van der Waals surface area (Å²) in [5.74, 6) is 0.721. The number of fused-ring (bicyclic) bond motifs is 1. The van der Waals surface area contributed by atoms with E-state index in [1.807, 2.05) is 91.9 Å². The number of nitrogens with zero attached hydrogens (tertiary/aromatic N) is 1. The van der Waals surface area contributed by atoms with Crippen LogP contribution in [0.4, 0.5) is 0 Å². The summed E-state index contributed by atoms with van der Waals surface area (Å²) in [6.07, 6.45) is 0. The lowest BCUT2D eigenvalue weighted by Gasteiger charge is -2.19. The minimum absolute atomic E-state index is 0.0343. The van der Waals surface area contributed by atoms with Gasteiger partial charge in [0.05, 0.1) is 17.1 Å². The molecular weight excluding hydrogens is 366 g/mol. The second kappa shape index (κ2) is 8.31. The Labute approximate surface area is 168 Å². The molecule has 0 unspecified atom stereocenters. The van der Waals surface area contributed by atoms with Crippen LogP contribution < -0.4 is 5.32 Å². The van der Waals surface area contributed by atoms with Crippen molar-refractivity contribution in [1.29, 1.82) is 0 Å². The van der Waals surface area contributed by atoms with E-state index in [0.29, 0.717) is 0 Å². The van der Waals surface area contributed by atoms with Crippen molar-refractivity contribution in [2.45, 2.75) is 23.1 Å². The number of benzene rings is 3. The van der Waals surface area contributed by atoms with Gasteiger partial charge in [-0.2, -0.15) is 0 Å². The topological polar surface area (TPSA) is 57.8 Å². The number of aromatic amines is 1. The Hall–Kier alpha value is -3.05. The highest BCUT2D eigenvalue weighted by molar-refractivity contribution is 8.00. The van der Waals surface area contributed by atoms with Crippen molar-refractivity contribution in [3.05, 3.63) is 96.3 Å². The minimum Gasteiger partial charge on any atom is -0.345 e. The molecule has 1 heterocycles. The van der Waals surface area contributed by atoms with E-state index in [9.17, 15) is 4.79 Å². The van der Waals surface area contributed by atoms with E-state index in [4.69, 9.17) is 0 Å². The van der Waals surface area contributed by atoms with E-state index >= 15 is 0 Å². The predicted octanol–water partition coefficient (Wildman–Crippen LogP) is 5.27. The van der Waals surface area contributed by atoms with Gasteiger partial charge in [-0.1, -0.05) is 60.7 Å². The van der Waals surface area contributed by atoms with Crippen LogP contribution in [0, 0.1) is 0 Å². The molecule has 2 atom stereocenters. The highest BCUT2D eigenvalue weighted by Gasteiger charge is 2.24. The summed E-state index contributed by atoms with van der Waals surface area (Å²) in [6.45, 7) is 1.95. The molecule has 0 radical (unpaired) electrons. The van der Waals surface area contributed by atoms with Crippen LogP contribution in [0.5, 0.6) is 0 Å². The lowest BCUT2D eigenvalue weighted by molar-refractivity contribution is -0.121. The summed E-state index contributed by atoms with van der Waals surface area (Å²) in [7, 11) is 0. The highest BCUT2D eigenvalue weighted by atomic mass is 32.2. The number of carbonyl (C=O) groups excluding carboxylic acids is 1. The smallest absolute Gasteiger partial charge is 0.238 e. The first kappa shape index (κ1) is 18.3. The van der Waals surface area contributed by atoms with E-state index in [2.05, 4.69) is 15.3 Å². The number of aromatic nitrogens is 2. The van der Waals surface area contributed by atoms with Crippen LogP contribution in [0.25, 0.3) is 11.0 Å². The molecule has 1 aromatic heterocycles. The molecule has 0 aliphatic rings. The maximum Gasteiger partial charge on any atom is 0.238 e. The molecule has 0 aliphatic carbocycles. The van der Waals surface area contributed by atoms with Crippen LogP contribution >= 0.6 is 11.8 Å². The third-order valence-corrected chi connectivity index (χ3v) is 5.78. The second-order valence-corrected chi connectivity index (χ2v) is 7.77. The summed E-state index contributed by atoms with van der Waals surface area (Å²) in [5.41, 5.74) is 2.85. The number of nitrogens with one attached hydrogen (secondary N) is 2. The van der Waals surface area contributed by atoms with Gasteiger partial charge in [0.15, 0.2) is 0 Å². The molecule has 3 aromatic carbocycles. The normalized spacial score (nSPS) is 13.2. The first-order valence-corrected chi connectivity index (χ1v) is 10.1. The van der Waals surface area contributed by atoms with Crippen LogP contribution in [0.3, 0.4) is 0 Å². The summed E-state index contributed by atoms with van der Waals surface area (Å²) in [4.78, 5) is 22.1. The van der Waals surface area contributed by atoms with Crippen molar-refractivity contribution in [3.8, 4) is 0 Å². The monoisotopic (exact) mass is 387 g/mol. The van der Waals surface area contributed by atoms with Crippen LogP contribution in [0.2, 0.25) is 0 Å². The van der Waals surface area contributed by atoms with E-state index in [-0.39, 0.29) is 17.2 Å². The molecule has 0 saturated heterocycles. The van der Waals surface area contributed by atoms with Crippen LogP contribution in [-0.2, 0) is 4.79 Å². The Kier molecular flexibility index (Phi) is 5.44. The Morgan fingerprint density at radius 3 is 2.29 bits per heavy atom. The molecule has 0 saturated carbocycles. The maximum absolute atomic E-state index is 13.2. The average Bonchev–Trinajstić information content (AvgIpc) is 3.18. The van der Waals surface area contributed by atoms with E-state index in [1.54, 1.807) is 11.8 Å². The Morgan fingerprint density at radius 1 is 0.929 bits per heavy atom. The fourth-order valence-electron chi connectivity index (χ4n) is 3.07. The minimum atomic E-state index is -0.338. The summed E-state index contributed by atoms with van der Waals surface area (Å²) in [5, 5.41) is 2.78. The number of para-hydroxylation sites is 2. The van der Waals surface area contributed by atoms with Gasteiger partial charge in [-0.25, -0.2) is 4.98 Å². The number of carbonyl (C=O) groups is 1. The fourth-order valence-corrected chi connectivity index (χ4v) is 4.13. The summed E-state index contributed by atoms with van der Waals surface area (Å²) in [6, 6.07) is 27.5. The first-order chi connectivity index (χ1) is 13.7. The molecule has 2 N–H and O–H groups in total. The maximum atomic E-state index is 13.2. The van der Waals surface area contributed by atoms with Gasteiger partial charge in [0.25, 0.3) is 0 Å². The van der Waals surface area contributed by atoms with Crippen LogP contribution in [0.15, 0.2) is 89.8 Å². The fraction of sp³-hybridized carbons (Fsp3) is 0.130. The molecule has 4 rings (SSSR count). The van der Waals surface area contributed by atoms with Crippen molar-refractivity contribution in [3.63, 3.8) is 0 Å². The second-order valence-electron chi connectivity index (χ2n) is 6.59. The molecule has 4 nitrogen and oxygen atoms in total. The summed E-state index contributed by atoms with van der Waals surface area (Å²) < 4.78 is 0. The highest BCUT2D eigenvalue weighted by Crippen LogP contribution is 2.35. The van der Waals surface area contributed by atoms with Crippen molar-refractivity contribution in [2.24, 2.45) is 0 Å². The van der Waals surface area contributed by atoms with Crippen molar-refractivity contribution in [2.75, 3.05) is 0 Å². The molecule has 0 bridgehead atoms. The van der Waals surface area contributed by atoms with Crippen LogP contribution in [-0.4, -0.2) is 15.9 Å². The molecule has 4 aromatic rings. The summed E-state index contributed by atoms with van der Waals surface area (Å²) >= 11 is 1.55. The Balaban J connectivity index is 1.56. The number of rotatable bonds is 6. The molecule has 140 valence electrons. The number of imidazole rings is 1. The lowest BCUT2D eigenvalue weighted by Crippen LogP contribution is -2.31. The molecular formula is C23H21N3OS. The molecule has 28 heavy (non-hydrogen) atoms. The van der Waals surface area contributed by atoms with Gasteiger partial charge in [-0.05, 0) is 36.8 Å². The van der Waals surface area contributed by atoms with Gasteiger partial charge >= 0.3 is 0 Å². The SMILES string of the molecule is C[C@H](NC(=O)[C@H](Sc1ccccc1)c1ccccc1)c1nc2ccccc2[nH]1. The standard InChI is InChI=1S/C23H21N3OS/c1-16(22-25-19-14-8-9-15-20(19)26-22)24-23(27)21(17-10-4-2-5-11-17)28-18-12-6-3-7-13-18/h2-16,21H,1H3,(H,24,27)(H,25,26)/t16-,21+/m0/s1. The van der Waals surface area contributed by atoms with Crippen molar-refractivity contribution >= 4 is 28.7 Å². The Bertz CT molecular complexity index is 1030. The van der Waals surface area contributed by atoms with E-state index < -0.39 is 0 Å². The third kappa shape index (κ3) is 4.10. The molecule has 0 fully saturated rings. The molecule has 1 amide bonds. The van der Waals surface area contributed by atoms with Crippen LogP contribution in [0.1, 0.15) is 29.6 Å². The lowest BCUT2D eigenvalue weighted by atomic mass is 10.1. The van der Waals surface area contributed by atoms with Crippen molar-refractivity contribution in [1.82, 2.24) is 15.3 Å². The van der Waals surface area contributed by atoms with Gasteiger partial charge in [-0.3, -0.25) is 4.79 Å². The zero-order valence-corrected chi connectivity index (χ0v) is 16.3. The Morgan fingerprint density at radius 2 is 1.57 bits per heavy atom. The third-order valence-electron chi connectivity index (χ3n) is 4.51. The first-order valence-electron chi connectivity index (χ1n) is 9.22. The number of amides is 1. The van der Waals surface area contributed by atoms with E-state index in [0.717, 1.165) is 27.3 Å². The molecule has 0 spiro atoms. The predicted molar refractivity (Wildman–Crippen MR) is 114 cm³/mol. The van der Waals surface area contributed by atoms with Gasteiger partial charge in [0.1, 0.15) is 11.1 Å². The van der Waals surface area contributed by atoms with Gasteiger partial charge in [-0.15, -0.1) is 11.8 Å². The largest absolute Gasteiger partial charge is 0.345 e. The molecule has 0 aliphatic heterocycles. The van der Waals surface area contributed by atoms with Gasteiger partial charge < -0.3 is 10.3 Å². The number of hydrogen-bond donors (Lipinski definition) is 2. The van der Waals surface area contributed by atoms with Gasteiger partial charge in [0.2, 0.25) is 5.91 Å². The number of thioether (sulfide) groups is 1. The quantitative estimate of drug-likeness (QED) is 0.443. The average molecular weight is 388 g/mol.